The standard InChI is InChI=1S/C12H19N3O4S/c1-4-19-11(16)9-7-13-14-10(9)20(17,18)15-12(2,3)8-5-6-8/h7-8,15H,4-6H2,1-3H3,(H,13,14). The minimum Gasteiger partial charge on any atom is -0.462 e. The van der Waals surface area contributed by atoms with Gasteiger partial charge in [0.1, 0.15) is 5.56 Å². The number of carbonyl (C=O) groups excluding carboxylic acids is 1. The van der Waals surface area contributed by atoms with Crippen molar-refractivity contribution in [1.82, 2.24) is 14.9 Å². The largest absolute Gasteiger partial charge is 0.462 e. The predicted octanol–water partition coefficient (Wildman–Crippen LogP) is 1.05. The minimum absolute atomic E-state index is 0.0778. The van der Waals surface area contributed by atoms with Crippen molar-refractivity contribution in [3.63, 3.8) is 0 Å². The van der Waals surface area contributed by atoms with Crippen molar-refractivity contribution in [2.24, 2.45) is 5.92 Å². The van der Waals surface area contributed by atoms with E-state index in [0.29, 0.717) is 5.92 Å². The molecule has 0 aromatic carbocycles. The zero-order chi connectivity index (χ0) is 15.0. The smallest absolute Gasteiger partial charge is 0.342 e. The monoisotopic (exact) mass is 301 g/mol. The SMILES string of the molecule is CCOC(=O)c1cn[nH]c1S(=O)(=O)NC(C)(C)C1CC1. The highest BCUT2D eigenvalue weighted by Crippen LogP contribution is 2.39. The third kappa shape index (κ3) is 3.01. The Morgan fingerprint density at radius 2 is 2.20 bits per heavy atom. The van der Waals surface area contributed by atoms with Crippen LogP contribution in [0, 0.1) is 5.92 Å². The van der Waals surface area contributed by atoms with Gasteiger partial charge in [0.05, 0.1) is 12.8 Å². The summed E-state index contributed by atoms with van der Waals surface area (Å²) in [6.45, 7) is 5.50. The van der Waals surface area contributed by atoms with E-state index in [1.807, 2.05) is 13.8 Å². The van der Waals surface area contributed by atoms with Gasteiger partial charge in [0.25, 0.3) is 10.0 Å². The Balaban J connectivity index is 2.26. The summed E-state index contributed by atoms with van der Waals surface area (Å²) in [7, 11) is -3.84. The fourth-order valence-corrected chi connectivity index (χ4v) is 3.68. The molecule has 0 saturated heterocycles. The first-order valence-corrected chi connectivity index (χ1v) is 8.00. The Hall–Kier alpha value is -1.41. The van der Waals surface area contributed by atoms with Crippen LogP contribution in [0.5, 0.6) is 0 Å². The lowest BCUT2D eigenvalue weighted by molar-refractivity contribution is 0.0521. The molecule has 0 aliphatic heterocycles. The third-order valence-electron chi connectivity index (χ3n) is 3.36. The van der Waals surface area contributed by atoms with Crippen LogP contribution < -0.4 is 4.72 Å². The van der Waals surface area contributed by atoms with Gasteiger partial charge in [-0.3, -0.25) is 5.10 Å². The van der Waals surface area contributed by atoms with Gasteiger partial charge < -0.3 is 4.74 Å². The second-order valence-corrected chi connectivity index (χ2v) is 7.05. The van der Waals surface area contributed by atoms with Crippen molar-refractivity contribution >= 4 is 16.0 Å². The number of hydrogen-bond donors (Lipinski definition) is 2. The quantitative estimate of drug-likeness (QED) is 0.765. The number of aromatic nitrogens is 2. The molecule has 1 saturated carbocycles. The average Bonchev–Trinajstić information content (AvgIpc) is 3.06. The molecule has 20 heavy (non-hydrogen) atoms. The number of carbonyl (C=O) groups is 1. The molecule has 2 rings (SSSR count). The van der Waals surface area contributed by atoms with Crippen molar-refractivity contribution < 1.29 is 17.9 Å². The first-order chi connectivity index (χ1) is 9.28. The molecule has 7 nitrogen and oxygen atoms in total. The van der Waals surface area contributed by atoms with Gasteiger partial charge in [0.2, 0.25) is 0 Å². The van der Waals surface area contributed by atoms with Gasteiger partial charge in [0.15, 0.2) is 5.03 Å². The van der Waals surface area contributed by atoms with Crippen LogP contribution in [0.1, 0.15) is 44.0 Å². The van der Waals surface area contributed by atoms with Crippen LogP contribution in [0.15, 0.2) is 11.2 Å². The van der Waals surface area contributed by atoms with Crippen LogP contribution in [0.3, 0.4) is 0 Å². The van der Waals surface area contributed by atoms with Crippen molar-refractivity contribution in [2.45, 2.75) is 44.2 Å². The first-order valence-electron chi connectivity index (χ1n) is 6.52. The third-order valence-corrected chi connectivity index (χ3v) is 5.01. The van der Waals surface area contributed by atoms with Gasteiger partial charge in [-0.1, -0.05) is 0 Å². The average molecular weight is 301 g/mol. The van der Waals surface area contributed by atoms with Crippen LogP contribution in [0.2, 0.25) is 0 Å². The van der Waals surface area contributed by atoms with E-state index < -0.39 is 21.5 Å². The molecule has 0 amide bonds. The lowest BCUT2D eigenvalue weighted by Crippen LogP contribution is -2.45. The number of ether oxygens (including phenoxy) is 1. The fourth-order valence-electron chi connectivity index (χ4n) is 2.12. The lowest BCUT2D eigenvalue weighted by atomic mass is 10.0. The van der Waals surface area contributed by atoms with Crippen LogP contribution >= 0.6 is 0 Å². The van der Waals surface area contributed by atoms with Gasteiger partial charge in [-0.25, -0.2) is 17.9 Å². The van der Waals surface area contributed by atoms with Gasteiger partial charge in [-0.05, 0) is 39.5 Å². The van der Waals surface area contributed by atoms with Gasteiger partial charge in [-0.15, -0.1) is 0 Å². The molecule has 8 heteroatoms. The van der Waals surface area contributed by atoms with Crippen LogP contribution in [-0.4, -0.2) is 36.7 Å². The van der Waals surface area contributed by atoms with E-state index in [1.54, 1.807) is 6.92 Å². The van der Waals surface area contributed by atoms with Gasteiger partial charge >= 0.3 is 5.97 Å². The molecule has 1 aromatic rings. The van der Waals surface area contributed by atoms with E-state index in [2.05, 4.69) is 14.9 Å². The summed E-state index contributed by atoms with van der Waals surface area (Å²) in [5.74, 6) is -0.378. The summed E-state index contributed by atoms with van der Waals surface area (Å²) in [6.07, 6.45) is 3.17. The molecule has 2 N–H and O–H groups in total. The Bertz CT molecular complexity index is 602. The van der Waals surface area contributed by atoms with E-state index >= 15 is 0 Å². The van der Waals surface area contributed by atoms with E-state index in [4.69, 9.17) is 4.74 Å². The van der Waals surface area contributed by atoms with E-state index in [0.717, 1.165) is 19.0 Å². The van der Waals surface area contributed by atoms with E-state index in [9.17, 15) is 13.2 Å². The molecular formula is C12H19N3O4S. The molecule has 1 aliphatic rings. The Morgan fingerprint density at radius 3 is 2.75 bits per heavy atom. The Morgan fingerprint density at radius 1 is 1.55 bits per heavy atom. The molecule has 0 radical (unpaired) electrons. The maximum absolute atomic E-state index is 12.4. The van der Waals surface area contributed by atoms with Crippen LogP contribution in [-0.2, 0) is 14.8 Å². The number of rotatable bonds is 6. The van der Waals surface area contributed by atoms with Crippen LogP contribution in [0.4, 0.5) is 0 Å². The summed E-state index contributed by atoms with van der Waals surface area (Å²) in [6, 6.07) is 0. The minimum atomic E-state index is -3.84. The zero-order valence-electron chi connectivity index (χ0n) is 11.8. The molecule has 1 heterocycles. The molecule has 0 spiro atoms. The predicted molar refractivity (Wildman–Crippen MR) is 71.7 cm³/mol. The van der Waals surface area contributed by atoms with Crippen molar-refractivity contribution in [1.29, 1.82) is 0 Å². The zero-order valence-corrected chi connectivity index (χ0v) is 12.6. The number of esters is 1. The molecular weight excluding hydrogens is 282 g/mol. The number of H-pyrrole nitrogens is 1. The number of sulfonamides is 1. The van der Waals surface area contributed by atoms with Crippen molar-refractivity contribution in [3.05, 3.63) is 11.8 Å². The first kappa shape index (κ1) is 15.0. The van der Waals surface area contributed by atoms with Crippen LogP contribution in [0.25, 0.3) is 0 Å². The topological polar surface area (TPSA) is 101 Å². The van der Waals surface area contributed by atoms with E-state index in [-0.39, 0.29) is 17.2 Å². The maximum Gasteiger partial charge on any atom is 0.342 e. The molecule has 0 atom stereocenters. The maximum atomic E-state index is 12.4. The van der Waals surface area contributed by atoms with E-state index in [1.165, 1.54) is 0 Å². The van der Waals surface area contributed by atoms with Crippen molar-refractivity contribution in [2.75, 3.05) is 6.61 Å². The fraction of sp³-hybridized carbons (Fsp3) is 0.667. The summed E-state index contributed by atoms with van der Waals surface area (Å²) < 4.78 is 32.2. The Labute approximate surface area is 118 Å². The highest BCUT2D eigenvalue weighted by Gasteiger charge is 2.41. The molecule has 1 aromatic heterocycles. The highest BCUT2D eigenvalue weighted by atomic mass is 32.2. The number of aromatic amines is 1. The molecule has 112 valence electrons. The molecule has 1 fully saturated rings. The second-order valence-electron chi connectivity index (χ2n) is 5.43. The summed E-state index contributed by atoms with van der Waals surface area (Å²) >= 11 is 0. The van der Waals surface area contributed by atoms with Crippen molar-refractivity contribution in [3.8, 4) is 0 Å². The second kappa shape index (κ2) is 5.17. The highest BCUT2D eigenvalue weighted by molar-refractivity contribution is 7.89. The summed E-state index contributed by atoms with van der Waals surface area (Å²) in [5, 5.41) is 5.76. The summed E-state index contributed by atoms with van der Waals surface area (Å²) in [4.78, 5) is 11.7. The normalized spacial score (nSPS) is 16.1. The van der Waals surface area contributed by atoms with Gasteiger partial charge in [-0.2, -0.15) is 5.10 Å². The van der Waals surface area contributed by atoms with Gasteiger partial charge in [0, 0.05) is 5.54 Å². The number of nitrogens with one attached hydrogen (secondary N) is 2. The molecule has 0 bridgehead atoms. The number of hydrogen-bond acceptors (Lipinski definition) is 5. The molecule has 1 aliphatic carbocycles. The molecule has 0 unspecified atom stereocenters. The Kier molecular flexibility index (Phi) is 3.88. The summed E-state index contributed by atoms with van der Waals surface area (Å²) in [5.41, 5.74) is -0.624. The lowest BCUT2D eigenvalue weighted by Gasteiger charge is -2.25. The number of nitrogens with zero attached hydrogens (tertiary/aromatic N) is 1.